The third kappa shape index (κ3) is 11.1. The Morgan fingerprint density at radius 2 is 1.19 bits per heavy atom. The zero-order valence-corrected chi connectivity index (χ0v) is 36.0. The summed E-state index contributed by atoms with van der Waals surface area (Å²) in [5.41, 5.74) is 1.29. The van der Waals surface area contributed by atoms with Crippen LogP contribution < -0.4 is 30.0 Å². The van der Waals surface area contributed by atoms with E-state index in [1.807, 2.05) is 29.2 Å². The van der Waals surface area contributed by atoms with Crippen molar-refractivity contribution in [1.82, 2.24) is 33.9 Å². The van der Waals surface area contributed by atoms with Gasteiger partial charge in [-0.25, -0.2) is 30.2 Å². The molecule has 2 aromatic carbocycles. The van der Waals surface area contributed by atoms with Crippen LogP contribution in [0.3, 0.4) is 0 Å². The number of rotatable bonds is 11. The third-order valence-corrected chi connectivity index (χ3v) is 14.1. The number of anilines is 1. The minimum absolute atomic E-state index is 0.00318. The maximum atomic E-state index is 12.7. The normalized spacial score (nSPS) is 20.4. The molecule has 2 atom stereocenters. The molecule has 2 saturated carbocycles. The summed E-state index contributed by atoms with van der Waals surface area (Å²) in [6, 6.07) is 9.72. The molecule has 2 aliphatic carbocycles. The number of methoxy groups -OCH3 is 2. The van der Waals surface area contributed by atoms with E-state index in [0.29, 0.717) is 58.3 Å². The number of aromatic nitrogens is 4. The molecule has 7 N–H and O–H groups in total. The first-order valence-corrected chi connectivity index (χ1v) is 22.4. The van der Waals surface area contributed by atoms with Crippen LogP contribution >= 0.6 is 11.6 Å². The van der Waals surface area contributed by atoms with E-state index in [4.69, 9.17) is 36.5 Å². The molecule has 2 unspecified atom stereocenters. The Morgan fingerprint density at radius 3 is 1.60 bits per heavy atom. The second kappa shape index (κ2) is 18.1. The van der Waals surface area contributed by atoms with E-state index >= 15 is 0 Å². The Morgan fingerprint density at radius 1 is 0.762 bits per heavy atom. The highest BCUT2D eigenvalue weighted by atomic mass is 35.5. The van der Waals surface area contributed by atoms with E-state index in [9.17, 15) is 48.3 Å². The lowest BCUT2D eigenvalue weighted by Crippen LogP contribution is -2.68. The fraction of sp³-hybridized carbons (Fsp3) is 0.556. The topological polar surface area (TPSA) is 253 Å². The van der Waals surface area contributed by atoms with Crippen molar-refractivity contribution in [2.24, 2.45) is 21.1 Å². The molecule has 4 fully saturated rings. The van der Waals surface area contributed by atoms with Gasteiger partial charge in [0.1, 0.15) is 35.1 Å². The smallest absolute Gasteiger partial charge is 0.415 e. The lowest BCUT2D eigenvalue weighted by molar-refractivity contribution is -0.208. The standard InChI is InChI=1S/C18H22F3N5O4S.C9H7ClN2O.C9H16F3N3O3S/c1-30-12-2-3-13-14(4-12)23-10-24-16(13)25-8-17(9-25)5-11(6-17)26(31(22,28)29)7-15(27)18(19,20)21;1-13-6-2-3-7-8(4-6)11-5-12-9(7)10;10-9(11,12)7(16)3-15(19(13,17)18)6-1-8(2-6)4-14-5-8/h2-4,10-11,15,27H,5-9H2,1H3,(H2,22,28,29);2-5H,1H3;6-7,14,16H,1-5H2,(H2,13,17,18). The first-order valence-electron chi connectivity index (χ1n) is 19.0. The number of halogens is 7. The number of hydrogen-bond acceptors (Lipinski definition) is 14. The van der Waals surface area contributed by atoms with Crippen molar-refractivity contribution in [3.63, 3.8) is 0 Å². The van der Waals surface area contributed by atoms with Gasteiger partial charge in [-0.1, -0.05) is 11.6 Å². The number of ether oxygens (including phenoxy) is 2. The fourth-order valence-electron chi connectivity index (χ4n) is 8.23. The summed E-state index contributed by atoms with van der Waals surface area (Å²) >= 11 is 5.86. The predicted molar refractivity (Wildman–Crippen MR) is 217 cm³/mol. The van der Waals surface area contributed by atoms with Crippen LogP contribution in [0.2, 0.25) is 5.15 Å². The molecule has 2 aromatic heterocycles. The molecule has 27 heteroatoms. The summed E-state index contributed by atoms with van der Waals surface area (Å²) in [6.45, 7) is 0.499. The molecule has 2 saturated heterocycles. The summed E-state index contributed by atoms with van der Waals surface area (Å²) in [5, 5.41) is 33.5. The predicted octanol–water partition coefficient (Wildman–Crippen LogP) is 2.49. The molecular weight excluding hydrogens is 914 g/mol. The minimum Gasteiger partial charge on any atom is -0.497 e. The first-order chi connectivity index (χ1) is 29.3. The maximum absolute atomic E-state index is 12.7. The van der Waals surface area contributed by atoms with Crippen LogP contribution in [-0.4, -0.2) is 146 Å². The van der Waals surface area contributed by atoms with Crippen LogP contribution in [0.1, 0.15) is 25.7 Å². The lowest BCUT2D eigenvalue weighted by atomic mass is 9.60. The van der Waals surface area contributed by atoms with Gasteiger partial charge in [-0.2, -0.15) is 51.8 Å². The average Bonchev–Trinajstić information content (AvgIpc) is 3.13. The molecule has 2 spiro atoms. The number of fused-ring (bicyclic) bond motifs is 2. The van der Waals surface area contributed by atoms with Gasteiger partial charge in [0.2, 0.25) is 0 Å². The van der Waals surface area contributed by atoms with Crippen molar-refractivity contribution >= 4 is 59.6 Å². The summed E-state index contributed by atoms with van der Waals surface area (Å²) in [7, 11) is -5.47. The molecular formula is C36H45ClF6N10O8S2. The van der Waals surface area contributed by atoms with E-state index < -0.39 is 70.2 Å². The van der Waals surface area contributed by atoms with Gasteiger partial charge in [0.15, 0.2) is 12.2 Å². The Labute approximate surface area is 362 Å². The minimum atomic E-state index is -4.92. The van der Waals surface area contributed by atoms with Gasteiger partial charge in [0.25, 0.3) is 20.4 Å². The van der Waals surface area contributed by atoms with Crippen molar-refractivity contribution in [3.05, 3.63) is 54.2 Å². The van der Waals surface area contributed by atoms with Crippen molar-refractivity contribution in [3.8, 4) is 11.5 Å². The van der Waals surface area contributed by atoms with Crippen LogP contribution in [0, 0.1) is 10.8 Å². The van der Waals surface area contributed by atoms with Crippen molar-refractivity contribution in [2.75, 3.05) is 58.4 Å². The van der Waals surface area contributed by atoms with E-state index in [1.165, 1.54) is 12.7 Å². The van der Waals surface area contributed by atoms with E-state index in [-0.39, 0.29) is 10.8 Å². The monoisotopic (exact) mass is 958 g/mol. The van der Waals surface area contributed by atoms with Crippen LogP contribution in [-0.2, 0) is 20.4 Å². The number of nitrogens with two attached hydrogens (primary N) is 2. The molecule has 18 nitrogen and oxygen atoms in total. The molecule has 0 radical (unpaired) electrons. The van der Waals surface area contributed by atoms with Gasteiger partial charge < -0.3 is 29.9 Å². The average molecular weight is 959 g/mol. The highest BCUT2D eigenvalue weighted by Gasteiger charge is 2.57. The van der Waals surface area contributed by atoms with Crippen LogP contribution in [0.4, 0.5) is 32.2 Å². The molecule has 4 heterocycles. The molecule has 0 bridgehead atoms. The molecule has 348 valence electrons. The van der Waals surface area contributed by atoms with E-state index in [0.717, 1.165) is 46.5 Å². The number of nitrogens with zero attached hydrogens (tertiary/aromatic N) is 7. The van der Waals surface area contributed by atoms with Gasteiger partial charge >= 0.3 is 12.4 Å². The zero-order chi connectivity index (χ0) is 46.3. The second-order valence-corrected chi connectivity index (χ2v) is 19.4. The van der Waals surface area contributed by atoms with Crippen LogP contribution in [0.25, 0.3) is 21.8 Å². The third-order valence-electron chi connectivity index (χ3n) is 11.6. The van der Waals surface area contributed by atoms with Crippen molar-refractivity contribution in [1.29, 1.82) is 0 Å². The Bertz CT molecular complexity index is 2490. The Kier molecular flexibility index (Phi) is 13.9. The Hall–Kier alpha value is -3.99. The number of hydrogen-bond donors (Lipinski definition) is 5. The molecule has 8 rings (SSSR count). The van der Waals surface area contributed by atoms with Gasteiger partial charge in [0.05, 0.1) is 38.3 Å². The van der Waals surface area contributed by atoms with Gasteiger partial charge in [-0.05, 0) is 55.4 Å². The summed E-state index contributed by atoms with van der Waals surface area (Å²) in [6.07, 6.45) is -10.7. The number of aliphatic hydroxyl groups excluding tert-OH is 2. The zero-order valence-electron chi connectivity index (χ0n) is 33.6. The summed E-state index contributed by atoms with van der Waals surface area (Å²) < 4.78 is 133. The van der Waals surface area contributed by atoms with Crippen molar-refractivity contribution in [2.45, 2.75) is 62.3 Å². The SMILES string of the molecule is COc1ccc2c(Cl)ncnc2c1.COc1ccc2c(N3CC4(CC(N(CC(O)C(F)(F)F)S(N)(=O)=O)C4)C3)ncnc2c1.NS(=O)(=O)N(CC(O)C(F)(F)F)C1CC2(CNC2)C1. The van der Waals surface area contributed by atoms with Crippen LogP contribution in [0.15, 0.2) is 49.1 Å². The van der Waals surface area contributed by atoms with E-state index in [1.54, 1.807) is 26.4 Å². The maximum Gasteiger partial charge on any atom is 0.415 e. The van der Waals surface area contributed by atoms with E-state index in [2.05, 4.69) is 25.3 Å². The fourth-order valence-corrected chi connectivity index (χ4v) is 10.3. The number of benzene rings is 2. The number of nitrogens with one attached hydrogen (secondary N) is 1. The number of aliphatic hydroxyl groups is 2. The van der Waals surface area contributed by atoms with Crippen molar-refractivity contribution < 1.29 is 62.9 Å². The second-order valence-electron chi connectivity index (χ2n) is 16.1. The lowest BCUT2D eigenvalue weighted by Gasteiger charge is -2.61. The highest BCUT2D eigenvalue weighted by Crippen LogP contribution is 2.52. The quantitative estimate of drug-likeness (QED) is 0.107. The largest absolute Gasteiger partial charge is 0.497 e. The molecule has 63 heavy (non-hydrogen) atoms. The van der Waals surface area contributed by atoms with Crippen LogP contribution in [0.5, 0.6) is 11.5 Å². The van der Waals surface area contributed by atoms with Gasteiger partial charge in [-0.3, -0.25) is 0 Å². The molecule has 0 amide bonds. The van der Waals surface area contributed by atoms with Gasteiger partial charge in [0, 0.05) is 66.6 Å². The first kappa shape index (κ1) is 48.5. The molecule has 2 aliphatic heterocycles. The summed E-state index contributed by atoms with van der Waals surface area (Å²) in [4.78, 5) is 18.6. The highest BCUT2D eigenvalue weighted by molar-refractivity contribution is 7.87. The Balaban J connectivity index is 0.000000175. The summed E-state index contributed by atoms with van der Waals surface area (Å²) in [5.74, 6) is 2.17. The van der Waals surface area contributed by atoms with Gasteiger partial charge in [-0.15, -0.1) is 0 Å². The number of alkyl halides is 6. The molecule has 4 aliphatic rings. The molecule has 4 aromatic rings.